The third-order valence-corrected chi connectivity index (χ3v) is 5.46. The van der Waals surface area contributed by atoms with Gasteiger partial charge in [-0.3, -0.25) is 9.48 Å². The van der Waals surface area contributed by atoms with E-state index in [2.05, 4.69) is 15.1 Å². The highest BCUT2D eigenvalue weighted by Crippen LogP contribution is 2.37. The SMILES string of the molecule is Nc1nc(C2=C[C@H](c3cnn(C4CC4)c3)OCC2)nc(-c2ccc(F)cc2F)c1C=O. The summed E-state index contributed by atoms with van der Waals surface area (Å²) < 4.78 is 35.6. The summed E-state index contributed by atoms with van der Waals surface area (Å²) in [7, 11) is 0. The van der Waals surface area contributed by atoms with Gasteiger partial charge < -0.3 is 10.5 Å². The van der Waals surface area contributed by atoms with Gasteiger partial charge >= 0.3 is 0 Å². The third kappa shape index (κ3) is 3.72. The Labute approximate surface area is 176 Å². The average molecular weight is 423 g/mol. The smallest absolute Gasteiger partial charge is 0.158 e. The Morgan fingerprint density at radius 1 is 1.23 bits per heavy atom. The molecule has 1 atom stereocenters. The van der Waals surface area contributed by atoms with E-state index < -0.39 is 11.6 Å². The molecule has 5 rings (SSSR count). The second-order valence-electron chi connectivity index (χ2n) is 7.65. The van der Waals surface area contributed by atoms with E-state index in [0.29, 0.717) is 25.4 Å². The summed E-state index contributed by atoms with van der Waals surface area (Å²) in [5, 5.41) is 4.40. The number of carbonyl (C=O) groups excluding carboxylic acids is 1. The fourth-order valence-corrected chi connectivity index (χ4v) is 3.66. The Balaban J connectivity index is 1.55. The largest absolute Gasteiger partial charge is 0.383 e. The molecule has 1 aromatic carbocycles. The standard InChI is InChI=1S/C22H19F2N5O2/c23-14-1-4-16(18(24)8-14)20-17(11-30)21(25)28-22(27-20)12-5-6-31-19(7-12)13-9-26-29(10-13)15-2-3-15/h1,4,7-11,15,19H,2-3,5-6H2,(H2,25,27,28)/t19-/m1/s1. The summed E-state index contributed by atoms with van der Waals surface area (Å²) in [4.78, 5) is 20.3. The van der Waals surface area contributed by atoms with Crippen molar-refractivity contribution in [2.45, 2.75) is 31.4 Å². The molecule has 0 saturated heterocycles. The predicted molar refractivity (Wildman–Crippen MR) is 109 cm³/mol. The van der Waals surface area contributed by atoms with Gasteiger partial charge in [-0.2, -0.15) is 5.10 Å². The number of carbonyl (C=O) groups is 1. The van der Waals surface area contributed by atoms with Crippen molar-refractivity contribution in [3.05, 3.63) is 65.3 Å². The number of aldehydes is 1. The number of nitrogens with zero attached hydrogens (tertiary/aromatic N) is 4. The van der Waals surface area contributed by atoms with Crippen LogP contribution in [0.3, 0.4) is 0 Å². The Bertz CT molecular complexity index is 1200. The molecule has 2 N–H and O–H groups in total. The summed E-state index contributed by atoms with van der Waals surface area (Å²) >= 11 is 0. The highest BCUT2D eigenvalue weighted by molar-refractivity contribution is 5.91. The number of benzene rings is 1. The second kappa shape index (κ2) is 7.66. The topological polar surface area (TPSA) is 95.9 Å². The maximum Gasteiger partial charge on any atom is 0.158 e. The molecule has 7 nitrogen and oxygen atoms in total. The number of ether oxygens (including phenoxy) is 1. The van der Waals surface area contributed by atoms with Gasteiger partial charge in [-0.25, -0.2) is 18.7 Å². The molecule has 1 fully saturated rings. The quantitative estimate of drug-likeness (QED) is 0.626. The zero-order chi connectivity index (χ0) is 21.5. The summed E-state index contributed by atoms with van der Waals surface area (Å²) in [5.74, 6) is -1.34. The number of nitrogens with two attached hydrogens (primary N) is 1. The van der Waals surface area contributed by atoms with Gasteiger partial charge in [0.1, 0.15) is 23.6 Å². The molecule has 0 amide bonds. The van der Waals surface area contributed by atoms with Crippen LogP contribution < -0.4 is 5.73 Å². The van der Waals surface area contributed by atoms with Gasteiger partial charge in [-0.1, -0.05) is 0 Å². The van der Waals surface area contributed by atoms with Crippen molar-refractivity contribution in [2.24, 2.45) is 0 Å². The van der Waals surface area contributed by atoms with Gasteiger partial charge in [-0.15, -0.1) is 0 Å². The number of anilines is 1. The Hall–Kier alpha value is -3.46. The summed E-state index contributed by atoms with van der Waals surface area (Å²) in [6, 6.07) is 3.54. The highest BCUT2D eigenvalue weighted by atomic mass is 19.1. The van der Waals surface area contributed by atoms with Crippen LogP contribution in [0.1, 0.15) is 53.2 Å². The van der Waals surface area contributed by atoms with Gasteiger partial charge in [0.05, 0.1) is 30.1 Å². The van der Waals surface area contributed by atoms with Crippen LogP contribution in [-0.2, 0) is 4.74 Å². The molecule has 9 heteroatoms. The van der Waals surface area contributed by atoms with Crippen molar-refractivity contribution < 1.29 is 18.3 Å². The zero-order valence-corrected chi connectivity index (χ0v) is 16.5. The monoisotopic (exact) mass is 423 g/mol. The van der Waals surface area contributed by atoms with Crippen molar-refractivity contribution in [3.8, 4) is 11.3 Å². The lowest BCUT2D eigenvalue weighted by atomic mass is 10.0. The number of nitrogen functional groups attached to an aromatic ring is 1. The highest BCUT2D eigenvalue weighted by Gasteiger charge is 2.27. The van der Waals surface area contributed by atoms with E-state index >= 15 is 0 Å². The number of hydrogen-bond acceptors (Lipinski definition) is 6. The second-order valence-corrected chi connectivity index (χ2v) is 7.65. The fraction of sp³-hybridized carbons (Fsp3) is 0.273. The predicted octanol–water partition coefficient (Wildman–Crippen LogP) is 3.89. The summed E-state index contributed by atoms with van der Waals surface area (Å²) in [5.41, 5.74) is 7.66. The fourth-order valence-electron chi connectivity index (χ4n) is 3.66. The lowest BCUT2D eigenvalue weighted by Crippen LogP contribution is -2.13. The molecule has 0 spiro atoms. The number of rotatable bonds is 5. The number of aromatic nitrogens is 4. The molecule has 3 aromatic rings. The average Bonchev–Trinajstić information content (AvgIpc) is 3.50. The zero-order valence-electron chi connectivity index (χ0n) is 16.5. The Morgan fingerprint density at radius 3 is 2.81 bits per heavy atom. The molecule has 1 aliphatic heterocycles. The minimum Gasteiger partial charge on any atom is -0.383 e. The number of hydrogen-bond donors (Lipinski definition) is 1. The molecular formula is C22H19F2N5O2. The molecule has 2 aliphatic rings. The minimum absolute atomic E-state index is 0.0197. The molecule has 0 radical (unpaired) electrons. The van der Waals surface area contributed by atoms with E-state index in [-0.39, 0.29) is 34.6 Å². The van der Waals surface area contributed by atoms with Crippen molar-refractivity contribution >= 4 is 17.7 Å². The summed E-state index contributed by atoms with van der Waals surface area (Å²) in [6.45, 7) is 0.435. The molecule has 0 bridgehead atoms. The number of halogens is 2. The maximum atomic E-state index is 14.4. The first kappa shape index (κ1) is 19.5. The van der Waals surface area contributed by atoms with Gasteiger partial charge in [-0.05, 0) is 43.0 Å². The maximum absolute atomic E-state index is 14.4. The van der Waals surface area contributed by atoms with E-state index in [1.165, 1.54) is 6.07 Å². The first-order valence-electron chi connectivity index (χ1n) is 9.98. The summed E-state index contributed by atoms with van der Waals surface area (Å²) in [6.07, 6.45) is 8.59. The van der Waals surface area contributed by atoms with E-state index in [1.54, 1.807) is 6.20 Å². The van der Waals surface area contributed by atoms with Crippen molar-refractivity contribution in [2.75, 3.05) is 12.3 Å². The molecule has 1 aliphatic carbocycles. The van der Waals surface area contributed by atoms with Gasteiger partial charge in [0.2, 0.25) is 0 Å². The molecule has 31 heavy (non-hydrogen) atoms. The van der Waals surface area contributed by atoms with Crippen molar-refractivity contribution in [1.82, 2.24) is 19.7 Å². The van der Waals surface area contributed by atoms with Crippen LogP contribution in [0.25, 0.3) is 16.8 Å². The first-order valence-corrected chi connectivity index (χ1v) is 9.98. The van der Waals surface area contributed by atoms with E-state index in [4.69, 9.17) is 10.5 Å². The van der Waals surface area contributed by atoms with Crippen LogP contribution in [-0.4, -0.2) is 32.6 Å². The lowest BCUT2D eigenvalue weighted by Gasteiger charge is -2.21. The van der Waals surface area contributed by atoms with E-state index in [0.717, 1.165) is 36.1 Å². The molecule has 3 heterocycles. The van der Waals surface area contributed by atoms with Gasteiger partial charge in [0.15, 0.2) is 12.1 Å². The van der Waals surface area contributed by atoms with Gasteiger partial charge in [0.25, 0.3) is 0 Å². The molecule has 1 saturated carbocycles. The Kier molecular flexibility index (Phi) is 4.82. The molecular weight excluding hydrogens is 404 g/mol. The van der Waals surface area contributed by atoms with Gasteiger partial charge in [0, 0.05) is 23.4 Å². The van der Waals surface area contributed by atoms with Crippen LogP contribution in [0.4, 0.5) is 14.6 Å². The lowest BCUT2D eigenvalue weighted by molar-refractivity contribution is 0.0825. The first-order chi connectivity index (χ1) is 15.0. The van der Waals surface area contributed by atoms with Crippen LogP contribution in [0.2, 0.25) is 0 Å². The van der Waals surface area contributed by atoms with Crippen LogP contribution in [0.15, 0.2) is 36.7 Å². The normalized spacial score (nSPS) is 18.6. The van der Waals surface area contributed by atoms with Crippen LogP contribution in [0, 0.1) is 11.6 Å². The Morgan fingerprint density at radius 2 is 2.06 bits per heavy atom. The molecule has 0 unspecified atom stereocenters. The van der Waals surface area contributed by atoms with E-state index in [1.807, 2.05) is 17.0 Å². The van der Waals surface area contributed by atoms with Crippen molar-refractivity contribution in [1.29, 1.82) is 0 Å². The van der Waals surface area contributed by atoms with Crippen molar-refractivity contribution in [3.63, 3.8) is 0 Å². The molecule has 158 valence electrons. The van der Waals surface area contributed by atoms with Crippen LogP contribution in [0.5, 0.6) is 0 Å². The minimum atomic E-state index is -0.835. The molecule has 2 aromatic heterocycles. The van der Waals surface area contributed by atoms with Crippen LogP contribution >= 0.6 is 0 Å². The van der Waals surface area contributed by atoms with E-state index in [9.17, 15) is 13.6 Å². The third-order valence-electron chi connectivity index (χ3n) is 5.46.